The molecular formula is C21H19NO5. The molecule has 0 fully saturated rings. The molecule has 0 saturated carbocycles. The van der Waals surface area contributed by atoms with Crippen LogP contribution in [0.25, 0.3) is 11.0 Å². The first-order valence-corrected chi connectivity index (χ1v) is 8.70. The lowest BCUT2D eigenvalue weighted by atomic mass is 10.1. The van der Waals surface area contributed by atoms with Crippen LogP contribution in [0.15, 0.2) is 57.7 Å². The predicted molar refractivity (Wildman–Crippen MR) is 101 cm³/mol. The molecule has 0 bridgehead atoms. The van der Waals surface area contributed by atoms with Crippen molar-refractivity contribution in [1.82, 2.24) is 4.90 Å². The molecule has 1 aromatic heterocycles. The maximum absolute atomic E-state index is 12.7. The largest absolute Gasteiger partial charge is 0.486 e. The van der Waals surface area contributed by atoms with Gasteiger partial charge in [0.2, 0.25) is 0 Å². The third kappa shape index (κ3) is 3.38. The smallest absolute Gasteiger partial charge is 0.289 e. The van der Waals surface area contributed by atoms with Crippen molar-refractivity contribution in [2.75, 3.05) is 20.2 Å². The van der Waals surface area contributed by atoms with Gasteiger partial charge in [-0.15, -0.1) is 0 Å². The minimum Gasteiger partial charge on any atom is -0.486 e. The topological polar surface area (TPSA) is 69.0 Å². The van der Waals surface area contributed by atoms with E-state index in [9.17, 15) is 9.59 Å². The molecule has 0 unspecified atom stereocenters. The van der Waals surface area contributed by atoms with Crippen molar-refractivity contribution < 1.29 is 18.7 Å². The highest BCUT2D eigenvalue weighted by atomic mass is 16.6. The average molecular weight is 365 g/mol. The molecule has 0 aliphatic carbocycles. The molecule has 138 valence electrons. The Labute approximate surface area is 155 Å². The number of rotatable bonds is 3. The van der Waals surface area contributed by atoms with Crippen molar-refractivity contribution in [3.8, 4) is 11.5 Å². The van der Waals surface area contributed by atoms with E-state index in [1.807, 2.05) is 37.3 Å². The summed E-state index contributed by atoms with van der Waals surface area (Å²) in [6.07, 6.45) is -0.302. The zero-order chi connectivity index (χ0) is 19.0. The van der Waals surface area contributed by atoms with Crippen LogP contribution in [0.1, 0.15) is 16.1 Å². The Morgan fingerprint density at radius 1 is 1.15 bits per heavy atom. The predicted octanol–water partition coefficient (Wildman–Crippen LogP) is 3.01. The van der Waals surface area contributed by atoms with Crippen molar-refractivity contribution in [3.05, 3.63) is 70.1 Å². The summed E-state index contributed by atoms with van der Waals surface area (Å²) in [7, 11) is 1.64. The van der Waals surface area contributed by atoms with Crippen molar-refractivity contribution in [3.63, 3.8) is 0 Å². The van der Waals surface area contributed by atoms with Gasteiger partial charge in [0.1, 0.15) is 12.2 Å². The highest BCUT2D eigenvalue weighted by molar-refractivity contribution is 5.93. The Morgan fingerprint density at radius 2 is 1.93 bits per heavy atom. The van der Waals surface area contributed by atoms with Crippen LogP contribution >= 0.6 is 0 Å². The highest BCUT2D eigenvalue weighted by Crippen LogP contribution is 2.31. The molecule has 4 rings (SSSR count). The van der Waals surface area contributed by atoms with E-state index < -0.39 is 0 Å². The summed E-state index contributed by atoms with van der Waals surface area (Å²) >= 11 is 0. The molecule has 1 atom stereocenters. The van der Waals surface area contributed by atoms with Gasteiger partial charge in [-0.3, -0.25) is 9.59 Å². The van der Waals surface area contributed by atoms with E-state index in [2.05, 4.69) is 0 Å². The normalized spacial score (nSPS) is 15.6. The molecule has 0 spiro atoms. The molecule has 6 nitrogen and oxygen atoms in total. The zero-order valence-electron chi connectivity index (χ0n) is 15.1. The van der Waals surface area contributed by atoms with Gasteiger partial charge in [0, 0.05) is 13.1 Å². The van der Waals surface area contributed by atoms with Crippen molar-refractivity contribution in [1.29, 1.82) is 0 Å². The Bertz CT molecular complexity index is 1070. The van der Waals surface area contributed by atoms with E-state index in [-0.39, 0.29) is 23.2 Å². The lowest BCUT2D eigenvalue weighted by molar-refractivity contribution is 0.0502. The number of ether oxygens (including phenoxy) is 2. The first kappa shape index (κ1) is 17.1. The number of carbonyl (C=O) groups is 1. The first-order valence-electron chi connectivity index (χ1n) is 8.70. The van der Waals surface area contributed by atoms with Gasteiger partial charge in [-0.05, 0) is 31.2 Å². The summed E-state index contributed by atoms with van der Waals surface area (Å²) in [5.41, 5.74) is 1.12. The first-order chi connectivity index (χ1) is 13.0. The third-order valence-electron chi connectivity index (χ3n) is 4.49. The summed E-state index contributed by atoms with van der Waals surface area (Å²) in [5, 5.41) is 0.467. The van der Waals surface area contributed by atoms with E-state index in [4.69, 9.17) is 13.9 Å². The van der Waals surface area contributed by atoms with E-state index in [1.165, 1.54) is 11.0 Å². The molecule has 2 aromatic carbocycles. The third-order valence-corrected chi connectivity index (χ3v) is 4.49. The number of fused-ring (bicyclic) bond motifs is 2. The highest BCUT2D eigenvalue weighted by Gasteiger charge is 2.25. The molecule has 1 aliphatic rings. The molecule has 0 N–H and O–H groups in total. The second-order valence-corrected chi connectivity index (χ2v) is 6.66. The number of aryl methyl sites for hydroxylation is 1. The van der Waals surface area contributed by atoms with E-state index in [0.717, 1.165) is 5.56 Å². The van der Waals surface area contributed by atoms with E-state index in [1.54, 1.807) is 19.2 Å². The number of nitrogens with zero attached hydrogens (tertiary/aromatic N) is 1. The standard InChI is InChI=1S/C21H19NO5/c1-13-7-8-17-15(9-13)16(23)10-20(27-17)21(24)22(2)11-14-12-25-18-5-3-4-6-19(18)26-14/h3-10,14H,11-12H2,1-2H3/t14-/m0/s1. The average Bonchev–Trinajstić information content (AvgIpc) is 2.67. The van der Waals surface area contributed by atoms with E-state index in [0.29, 0.717) is 35.6 Å². The van der Waals surface area contributed by atoms with Gasteiger partial charge in [0.05, 0.1) is 11.9 Å². The van der Waals surface area contributed by atoms with Crippen molar-refractivity contribution in [2.45, 2.75) is 13.0 Å². The van der Waals surface area contributed by atoms with Crippen LogP contribution in [0, 0.1) is 6.92 Å². The van der Waals surface area contributed by atoms with Gasteiger partial charge >= 0.3 is 0 Å². The fraction of sp³-hybridized carbons (Fsp3) is 0.238. The van der Waals surface area contributed by atoms with Gasteiger partial charge in [0.15, 0.2) is 28.8 Å². The van der Waals surface area contributed by atoms with Crippen LogP contribution in [-0.2, 0) is 0 Å². The lowest BCUT2D eigenvalue weighted by Gasteiger charge is -2.29. The van der Waals surface area contributed by atoms with Gasteiger partial charge in [-0.25, -0.2) is 0 Å². The summed E-state index contributed by atoms with van der Waals surface area (Å²) < 4.78 is 17.2. The Kier molecular flexibility index (Phi) is 4.32. The summed E-state index contributed by atoms with van der Waals surface area (Å²) in [6.45, 7) is 2.55. The molecule has 1 amide bonds. The second-order valence-electron chi connectivity index (χ2n) is 6.66. The van der Waals surface area contributed by atoms with Crippen molar-refractivity contribution >= 4 is 16.9 Å². The lowest BCUT2D eigenvalue weighted by Crippen LogP contribution is -2.41. The number of para-hydroxylation sites is 2. The Balaban J connectivity index is 1.52. The number of benzene rings is 2. The van der Waals surface area contributed by atoms with Gasteiger partial charge < -0.3 is 18.8 Å². The number of hydrogen-bond acceptors (Lipinski definition) is 5. The van der Waals surface area contributed by atoms with E-state index >= 15 is 0 Å². The molecule has 0 saturated heterocycles. The van der Waals surface area contributed by atoms with Gasteiger partial charge in [-0.1, -0.05) is 23.8 Å². The quantitative estimate of drug-likeness (QED) is 0.714. The van der Waals surface area contributed by atoms with Crippen LogP contribution in [0.5, 0.6) is 11.5 Å². The number of carbonyl (C=O) groups excluding carboxylic acids is 1. The van der Waals surface area contributed by atoms with Crippen LogP contribution in [0.2, 0.25) is 0 Å². The molecule has 6 heteroatoms. The summed E-state index contributed by atoms with van der Waals surface area (Å²) in [5.74, 6) is 0.980. The maximum atomic E-state index is 12.7. The van der Waals surface area contributed by atoms with Gasteiger partial charge in [0.25, 0.3) is 5.91 Å². The molecular weight excluding hydrogens is 346 g/mol. The van der Waals surface area contributed by atoms with Crippen LogP contribution in [0.3, 0.4) is 0 Å². The minimum atomic E-state index is -0.378. The number of hydrogen-bond donors (Lipinski definition) is 0. The summed E-state index contributed by atoms with van der Waals surface area (Å²) in [4.78, 5) is 26.5. The molecule has 27 heavy (non-hydrogen) atoms. The van der Waals surface area contributed by atoms with Crippen LogP contribution in [-0.4, -0.2) is 37.1 Å². The monoisotopic (exact) mass is 365 g/mol. The fourth-order valence-electron chi connectivity index (χ4n) is 3.11. The van der Waals surface area contributed by atoms with Gasteiger partial charge in [-0.2, -0.15) is 0 Å². The van der Waals surface area contributed by atoms with Crippen LogP contribution in [0.4, 0.5) is 0 Å². The second kappa shape index (κ2) is 6.79. The molecule has 0 radical (unpaired) electrons. The Hall–Kier alpha value is -3.28. The molecule has 1 aliphatic heterocycles. The molecule has 2 heterocycles. The summed E-state index contributed by atoms with van der Waals surface area (Å²) in [6, 6.07) is 14.0. The zero-order valence-corrected chi connectivity index (χ0v) is 15.1. The van der Waals surface area contributed by atoms with Crippen LogP contribution < -0.4 is 14.9 Å². The Morgan fingerprint density at radius 3 is 2.74 bits per heavy atom. The fourth-order valence-corrected chi connectivity index (χ4v) is 3.11. The maximum Gasteiger partial charge on any atom is 0.289 e. The van der Waals surface area contributed by atoms with Crippen molar-refractivity contribution in [2.24, 2.45) is 0 Å². The number of amides is 1. The SMILES string of the molecule is Cc1ccc2oc(C(=O)N(C)C[C@H]3COc4ccccc4O3)cc(=O)c2c1. The minimum absolute atomic E-state index is 0.0102. The number of likely N-dealkylation sites (N-methyl/N-ethyl adjacent to an activating group) is 1. The molecule has 3 aromatic rings.